The quantitative estimate of drug-likeness (QED) is 0.726. The maximum Gasteiger partial charge on any atom is 0.250 e. The van der Waals surface area contributed by atoms with Gasteiger partial charge in [-0.05, 0) is 22.9 Å². The van der Waals surface area contributed by atoms with E-state index in [4.69, 9.17) is 4.74 Å². The lowest BCUT2D eigenvalue weighted by molar-refractivity contribution is 0.157. The predicted molar refractivity (Wildman–Crippen MR) is 87.1 cm³/mol. The molecule has 21 heavy (non-hydrogen) atoms. The van der Waals surface area contributed by atoms with Crippen molar-refractivity contribution in [1.82, 2.24) is 10.0 Å². The zero-order chi connectivity index (χ0) is 16.0. The molecule has 0 fully saturated rings. The van der Waals surface area contributed by atoms with Crippen LogP contribution in [0.1, 0.15) is 33.3 Å². The van der Waals surface area contributed by atoms with Crippen molar-refractivity contribution in [3.8, 4) is 0 Å². The Morgan fingerprint density at radius 1 is 1.29 bits per heavy atom. The lowest BCUT2D eigenvalue weighted by Gasteiger charge is -2.20. The number of hydrogen-bond acceptors (Lipinski definition) is 5. The van der Waals surface area contributed by atoms with Crippen LogP contribution in [0, 0.1) is 5.92 Å². The average molecular weight is 335 g/mol. The molecule has 0 aliphatic rings. The van der Waals surface area contributed by atoms with Crippen molar-refractivity contribution in [1.29, 1.82) is 0 Å². The molecular formula is C14H26N2O3S2. The molecule has 1 heterocycles. The van der Waals surface area contributed by atoms with E-state index in [1.165, 1.54) is 11.3 Å². The molecule has 0 amide bonds. The van der Waals surface area contributed by atoms with Crippen molar-refractivity contribution in [2.75, 3.05) is 13.7 Å². The summed E-state index contributed by atoms with van der Waals surface area (Å²) in [4.78, 5) is 0. The Bertz CT molecular complexity index is 524. The van der Waals surface area contributed by atoms with Gasteiger partial charge in [-0.2, -0.15) is 0 Å². The highest BCUT2D eigenvalue weighted by Gasteiger charge is 2.23. The first-order valence-corrected chi connectivity index (χ1v) is 9.44. The first-order valence-electron chi connectivity index (χ1n) is 7.08. The molecule has 0 aliphatic carbocycles. The summed E-state index contributed by atoms with van der Waals surface area (Å²) in [5.74, 6) is 0.168. The fraction of sp³-hybridized carbons (Fsp3) is 0.714. The van der Waals surface area contributed by atoms with Gasteiger partial charge in [0.15, 0.2) is 0 Å². The largest absolute Gasteiger partial charge is 0.383 e. The van der Waals surface area contributed by atoms with E-state index in [1.54, 1.807) is 13.2 Å². The molecule has 0 saturated heterocycles. The van der Waals surface area contributed by atoms with Gasteiger partial charge in [-0.25, -0.2) is 13.1 Å². The van der Waals surface area contributed by atoms with Crippen LogP contribution in [0.25, 0.3) is 0 Å². The number of thiophene rings is 1. The molecule has 1 unspecified atom stereocenters. The monoisotopic (exact) mass is 334 g/mol. The Morgan fingerprint density at radius 2 is 1.95 bits per heavy atom. The number of ether oxygens (including phenoxy) is 1. The molecular weight excluding hydrogens is 308 g/mol. The van der Waals surface area contributed by atoms with Gasteiger partial charge in [0.2, 0.25) is 10.0 Å². The average Bonchev–Trinajstić information content (AvgIpc) is 2.85. The van der Waals surface area contributed by atoms with Crippen molar-refractivity contribution < 1.29 is 13.2 Å². The summed E-state index contributed by atoms with van der Waals surface area (Å²) in [5.41, 5.74) is 0.988. The van der Waals surface area contributed by atoms with Gasteiger partial charge in [0.25, 0.3) is 0 Å². The number of nitrogens with one attached hydrogen (secondary N) is 2. The van der Waals surface area contributed by atoms with E-state index in [9.17, 15) is 8.42 Å². The maximum absolute atomic E-state index is 12.4. The van der Waals surface area contributed by atoms with Crippen molar-refractivity contribution >= 4 is 21.4 Å². The summed E-state index contributed by atoms with van der Waals surface area (Å²) in [6, 6.07) is 1.88. The van der Waals surface area contributed by atoms with Crippen LogP contribution in [-0.2, 0) is 21.3 Å². The third-order valence-corrected chi connectivity index (χ3v) is 6.04. The van der Waals surface area contributed by atoms with E-state index < -0.39 is 10.0 Å². The zero-order valence-corrected chi connectivity index (χ0v) is 15.0. The van der Waals surface area contributed by atoms with Gasteiger partial charge in [0, 0.05) is 25.7 Å². The van der Waals surface area contributed by atoms with E-state index in [0.717, 1.165) is 5.56 Å². The minimum Gasteiger partial charge on any atom is -0.383 e. The molecule has 1 aromatic rings. The number of methoxy groups -OCH3 is 1. The molecule has 0 aromatic carbocycles. The number of rotatable bonds is 9. The van der Waals surface area contributed by atoms with Crippen molar-refractivity contribution in [2.24, 2.45) is 5.92 Å². The van der Waals surface area contributed by atoms with Crippen LogP contribution in [0.2, 0.25) is 0 Å². The molecule has 1 atom stereocenters. The Kier molecular flexibility index (Phi) is 7.29. The summed E-state index contributed by atoms with van der Waals surface area (Å²) >= 11 is 1.25. The van der Waals surface area contributed by atoms with Gasteiger partial charge in [-0.15, -0.1) is 11.3 Å². The molecule has 5 nitrogen and oxygen atoms in total. The van der Waals surface area contributed by atoms with E-state index in [1.807, 2.05) is 19.2 Å². The summed E-state index contributed by atoms with van der Waals surface area (Å²) < 4.78 is 33.0. The second kappa shape index (κ2) is 8.24. The van der Waals surface area contributed by atoms with E-state index in [0.29, 0.717) is 23.4 Å². The number of sulfonamides is 1. The molecule has 0 radical (unpaired) electrons. The second-order valence-electron chi connectivity index (χ2n) is 5.74. The Hall–Kier alpha value is -0.470. The SMILES string of the molecule is COCC(NS(=O)(=O)c1cc(CNC(C)C)cs1)C(C)C. The van der Waals surface area contributed by atoms with Gasteiger partial charge < -0.3 is 10.1 Å². The lowest BCUT2D eigenvalue weighted by atomic mass is 10.1. The van der Waals surface area contributed by atoms with E-state index in [-0.39, 0.29) is 12.0 Å². The zero-order valence-electron chi connectivity index (χ0n) is 13.3. The van der Waals surface area contributed by atoms with Crippen LogP contribution in [0.15, 0.2) is 15.7 Å². The molecule has 0 saturated carbocycles. The minimum atomic E-state index is -3.48. The first-order chi connectivity index (χ1) is 9.76. The van der Waals surface area contributed by atoms with E-state index in [2.05, 4.69) is 23.9 Å². The van der Waals surface area contributed by atoms with Crippen molar-refractivity contribution in [3.63, 3.8) is 0 Å². The summed E-state index contributed by atoms with van der Waals surface area (Å²) in [6.45, 7) is 9.10. The topological polar surface area (TPSA) is 67.4 Å². The van der Waals surface area contributed by atoms with Gasteiger partial charge >= 0.3 is 0 Å². The summed E-state index contributed by atoms with van der Waals surface area (Å²) in [6.07, 6.45) is 0. The van der Waals surface area contributed by atoms with E-state index >= 15 is 0 Å². The van der Waals surface area contributed by atoms with Crippen LogP contribution in [0.3, 0.4) is 0 Å². The third kappa shape index (κ3) is 6.04. The van der Waals surface area contributed by atoms with Gasteiger partial charge in [-0.1, -0.05) is 27.7 Å². The highest BCUT2D eigenvalue weighted by molar-refractivity contribution is 7.91. The van der Waals surface area contributed by atoms with Crippen LogP contribution in [0.5, 0.6) is 0 Å². The van der Waals surface area contributed by atoms with Crippen molar-refractivity contribution in [3.05, 3.63) is 17.0 Å². The molecule has 1 aromatic heterocycles. The maximum atomic E-state index is 12.4. The van der Waals surface area contributed by atoms with Gasteiger partial charge in [0.1, 0.15) is 4.21 Å². The second-order valence-corrected chi connectivity index (χ2v) is 8.59. The predicted octanol–water partition coefficient (Wildman–Crippen LogP) is 2.20. The molecule has 0 bridgehead atoms. The number of hydrogen-bond donors (Lipinski definition) is 2. The molecule has 7 heteroatoms. The fourth-order valence-corrected chi connectivity index (χ4v) is 4.30. The summed E-state index contributed by atoms with van der Waals surface area (Å²) in [7, 11) is -1.91. The Labute approximate surface area is 132 Å². The summed E-state index contributed by atoms with van der Waals surface area (Å²) in [5, 5.41) is 5.16. The minimum absolute atomic E-state index is 0.168. The molecule has 1 rings (SSSR count). The standard InChI is InChI=1S/C14H26N2O3S2/c1-10(2)13(8-19-5)16-21(17,18)14-6-12(9-20-14)7-15-11(3)4/h6,9-11,13,15-16H,7-8H2,1-5H3. The molecule has 0 spiro atoms. The molecule has 122 valence electrons. The Balaban J connectivity index is 2.78. The lowest BCUT2D eigenvalue weighted by Crippen LogP contribution is -2.41. The third-order valence-electron chi connectivity index (χ3n) is 3.07. The van der Waals surface area contributed by atoms with Gasteiger partial charge in [-0.3, -0.25) is 0 Å². The van der Waals surface area contributed by atoms with Crippen LogP contribution < -0.4 is 10.0 Å². The van der Waals surface area contributed by atoms with Crippen LogP contribution in [-0.4, -0.2) is 34.2 Å². The van der Waals surface area contributed by atoms with Crippen LogP contribution in [0.4, 0.5) is 0 Å². The highest BCUT2D eigenvalue weighted by Crippen LogP contribution is 2.21. The highest BCUT2D eigenvalue weighted by atomic mass is 32.2. The molecule has 2 N–H and O–H groups in total. The van der Waals surface area contributed by atoms with Crippen LogP contribution >= 0.6 is 11.3 Å². The smallest absolute Gasteiger partial charge is 0.250 e. The van der Waals surface area contributed by atoms with Crippen molar-refractivity contribution in [2.45, 2.75) is 50.5 Å². The fourth-order valence-electron chi connectivity index (χ4n) is 1.71. The normalized spacial score (nSPS) is 14.0. The first kappa shape index (κ1) is 18.6. The van der Waals surface area contributed by atoms with Gasteiger partial charge in [0.05, 0.1) is 6.61 Å². The molecule has 0 aliphatic heterocycles. The Morgan fingerprint density at radius 3 is 2.48 bits per heavy atom.